The second kappa shape index (κ2) is 3.99. The van der Waals surface area contributed by atoms with Gasteiger partial charge in [-0.3, -0.25) is 0 Å². The first kappa shape index (κ1) is 10.4. The molecule has 1 saturated carbocycles. The molecule has 18 heavy (non-hydrogen) atoms. The van der Waals surface area contributed by atoms with E-state index in [0.29, 0.717) is 0 Å². The van der Waals surface area contributed by atoms with Crippen LogP contribution in [0.3, 0.4) is 0 Å². The fourth-order valence-electron chi connectivity index (χ4n) is 2.65. The highest BCUT2D eigenvalue weighted by Gasteiger charge is 2.23. The quantitative estimate of drug-likeness (QED) is 0.864. The van der Waals surface area contributed by atoms with Crippen LogP contribution in [-0.2, 0) is 19.3 Å². The maximum absolute atomic E-state index is 5.48. The van der Waals surface area contributed by atoms with Gasteiger partial charge in [0.15, 0.2) is 0 Å². The largest absolute Gasteiger partial charge is 0.469 e. The Bertz CT molecular complexity index is 565. The van der Waals surface area contributed by atoms with Crippen LogP contribution in [0.4, 0.5) is 0 Å². The van der Waals surface area contributed by atoms with Gasteiger partial charge >= 0.3 is 0 Å². The predicted octanol–water partition coefficient (Wildman–Crippen LogP) is 2.06. The van der Waals surface area contributed by atoms with E-state index < -0.39 is 0 Å². The Labute approximate surface area is 106 Å². The van der Waals surface area contributed by atoms with Crippen molar-refractivity contribution in [1.29, 1.82) is 0 Å². The number of hydrogen-bond acceptors (Lipinski definition) is 3. The van der Waals surface area contributed by atoms with E-state index in [2.05, 4.69) is 10.3 Å². The summed E-state index contributed by atoms with van der Waals surface area (Å²) in [4.78, 5) is 8.19. The van der Waals surface area contributed by atoms with Crippen molar-refractivity contribution in [1.82, 2.24) is 15.3 Å². The number of aromatic amines is 1. The number of H-pyrrole nitrogens is 1. The lowest BCUT2D eigenvalue weighted by atomic mass is 10.00. The smallest absolute Gasteiger partial charge is 0.113 e. The number of imidazole rings is 1. The van der Waals surface area contributed by atoms with Crippen molar-refractivity contribution in [3.05, 3.63) is 29.6 Å². The molecule has 2 aromatic heterocycles. The third-order valence-corrected chi connectivity index (χ3v) is 3.80. The molecule has 2 N–H and O–H groups in total. The molecule has 0 amide bonds. The molecule has 0 atom stereocenters. The fourth-order valence-corrected chi connectivity index (χ4v) is 2.65. The zero-order valence-corrected chi connectivity index (χ0v) is 10.3. The SMILES string of the molecule is c1cc2c(o1)CCc1[nH]c(CCNC3CC3)nc1-2. The van der Waals surface area contributed by atoms with Gasteiger partial charge in [0.25, 0.3) is 0 Å². The molecule has 0 saturated heterocycles. The number of aromatic nitrogens is 2. The molecule has 4 nitrogen and oxygen atoms in total. The van der Waals surface area contributed by atoms with Crippen LogP contribution < -0.4 is 5.32 Å². The Morgan fingerprint density at radius 2 is 2.33 bits per heavy atom. The average Bonchev–Trinajstić information content (AvgIpc) is 2.91. The van der Waals surface area contributed by atoms with E-state index in [4.69, 9.17) is 9.40 Å². The summed E-state index contributed by atoms with van der Waals surface area (Å²) >= 11 is 0. The maximum Gasteiger partial charge on any atom is 0.113 e. The monoisotopic (exact) mass is 243 g/mol. The number of fused-ring (bicyclic) bond motifs is 3. The van der Waals surface area contributed by atoms with Crippen LogP contribution in [0.1, 0.15) is 30.1 Å². The van der Waals surface area contributed by atoms with Gasteiger partial charge in [-0.2, -0.15) is 0 Å². The summed E-state index contributed by atoms with van der Waals surface area (Å²) in [5, 5.41) is 3.52. The molecule has 4 rings (SSSR count). The van der Waals surface area contributed by atoms with Gasteiger partial charge in [-0.25, -0.2) is 4.98 Å². The zero-order chi connectivity index (χ0) is 11.9. The number of hydrogen-bond donors (Lipinski definition) is 2. The lowest BCUT2D eigenvalue weighted by Gasteiger charge is -2.08. The Kier molecular flexibility index (Phi) is 2.30. The average molecular weight is 243 g/mol. The van der Waals surface area contributed by atoms with E-state index in [1.165, 1.54) is 24.1 Å². The molecule has 2 aliphatic carbocycles. The highest BCUT2D eigenvalue weighted by Crippen LogP contribution is 2.32. The summed E-state index contributed by atoms with van der Waals surface area (Å²) in [5.41, 5.74) is 3.55. The third-order valence-electron chi connectivity index (χ3n) is 3.80. The van der Waals surface area contributed by atoms with Crippen molar-refractivity contribution < 1.29 is 4.42 Å². The Hall–Kier alpha value is -1.55. The van der Waals surface area contributed by atoms with E-state index in [-0.39, 0.29) is 0 Å². The Balaban J connectivity index is 1.53. The highest BCUT2D eigenvalue weighted by molar-refractivity contribution is 5.66. The molecular formula is C14H17N3O. The first-order valence-corrected chi connectivity index (χ1v) is 6.78. The summed E-state index contributed by atoms with van der Waals surface area (Å²) in [7, 11) is 0. The standard InChI is InChI=1S/C14H17N3O/c1-2-9(1)15-7-5-13-16-11-3-4-12-10(6-8-18-12)14(11)17-13/h6,8-9,15H,1-5,7H2,(H,16,17). The van der Waals surface area contributed by atoms with Crippen LogP contribution in [0.15, 0.2) is 16.7 Å². The van der Waals surface area contributed by atoms with Crippen molar-refractivity contribution >= 4 is 0 Å². The van der Waals surface area contributed by atoms with Gasteiger partial charge in [-0.1, -0.05) is 0 Å². The minimum Gasteiger partial charge on any atom is -0.469 e. The molecule has 0 radical (unpaired) electrons. The Morgan fingerprint density at radius 1 is 1.39 bits per heavy atom. The number of nitrogens with zero attached hydrogens (tertiary/aromatic N) is 1. The van der Waals surface area contributed by atoms with E-state index in [0.717, 1.165) is 49.1 Å². The molecule has 94 valence electrons. The molecule has 0 unspecified atom stereocenters. The van der Waals surface area contributed by atoms with Crippen molar-refractivity contribution in [3.63, 3.8) is 0 Å². The normalized spacial score (nSPS) is 17.6. The van der Waals surface area contributed by atoms with Gasteiger partial charge in [0, 0.05) is 36.7 Å². The topological polar surface area (TPSA) is 53.9 Å². The van der Waals surface area contributed by atoms with Crippen LogP contribution in [-0.4, -0.2) is 22.6 Å². The lowest BCUT2D eigenvalue weighted by molar-refractivity contribution is 0.506. The lowest BCUT2D eigenvalue weighted by Crippen LogP contribution is -2.19. The zero-order valence-electron chi connectivity index (χ0n) is 10.3. The molecule has 0 aromatic carbocycles. The van der Waals surface area contributed by atoms with Crippen molar-refractivity contribution in [2.45, 2.75) is 38.1 Å². The number of rotatable bonds is 4. The second-order valence-electron chi connectivity index (χ2n) is 5.25. The van der Waals surface area contributed by atoms with Crippen molar-refractivity contribution in [3.8, 4) is 11.3 Å². The molecule has 2 heterocycles. The minimum atomic E-state index is 0.773. The van der Waals surface area contributed by atoms with Crippen LogP contribution in [0.5, 0.6) is 0 Å². The summed E-state index contributed by atoms with van der Waals surface area (Å²) in [5.74, 6) is 2.18. The summed E-state index contributed by atoms with van der Waals surface area (Å²) in [6, 6.07) is 2.80. The molecule has 4 heteroatoms. The van der Waals surface area contributed by atoms with E-state index in [1.54, 1.807) is 6.26 Å². The number of nitrogens with one attached hydrogen (secondary N) is 2. The third kappa shape index (κ3) is 1.77. The summed E-state index contributed by atoms with van der Waals surface area (Å²) in [6.07, 6.45) is 7.43. The summed E-state index contributed by atoms with van der Waals surface area (Å²) < 4.78 is 5.48. The predicted molar refractivity (Wildman–Crippen MR) is 68.4 cm³/mol. The van der Waals surface area contributed by atoms with Gasteiger partial charge in [0.05, 0.1) is 12.0 Å². The number of furan rings is 1. The summed E-state index contributed by atoms with van der Waals surface area (Å²) in [6.45, 7) is 1.02. The molecule has 1 fully saturated rings. The molecular weight excluding hydrogens is 226 g/mol. The van der Waals surface area contributed by atoms with E-state index >= 15 is 0 Å². The van der Waals surface area contributed by atoms with Crippen LogP contribution in [0.25, 0.3) is 11.3 Å². The van der Waals surface area contributed by atoms with Crippen LogP contribution in [0.2, 0.25) is 0 Å². The minimum absolute atomic E-state index is 0.773. The van der Waals surface area contributed by atoms with Gasteiger partial charge < -0.3 is 14.7 Å². The van der Waals surface area contributed by atoms with Gasteiger partial charge in [-0.05, 0) is 25.3 Å². The van der Waals surface area contributed by atoms with Crippen LogP contribution >= 0.6 is 0 Å². The first-order chi connectivity index (χ1) is 8.90. The van der Waals surface area contributed by atoms with Gasteiger partial charge in [0.1, 0.15) is 11.6 Å². The van der Waals surface area contributed by atoms with E-state index in [1.807, 2.05) is 6.07 Å². The van der Waals surface area contributed by atoms with Crippen molar-refractivity contribution in [2.24, 2.45) is 0 Å². The van der Waals surface area contributed by atoms with Gasteiger partial charge in [0.2, 0.25) is 0 Å². The van der Waals surface area contributed by atoms with Crippen molar-refractivity contribution in [2.75, 3.05) is 6.54 Å². The fraction of sp³-hybridized carbons (Fsp3) is 0.500. The number of aryl methyl sites for hydroxylation is 2. The van der Waals surface area contributed by atoms with Crippen LogP contribution in [0, 0.1) is 0 Å². The molecule has 0 spiro atoms. The maximum atomic E-state index is 5.48. The molecule has 0 bridgehead atoms. The highest BCUT2D eigenvalue weighted by atomic mass is 16.3. The second-order valence-corrected chi connectivity index (χ2v) is 5.25. The molecule has 2 aliphatic rings. The Morgan fingerprint density at radius 3 is 3.22 bits per heavy atom. The molecule has 2 aromatic rings. The van der Waals surface area contributed by atoms with E-state index in [9.17, 15) is 0 Å². The molecule has 0 aliphatic heterocycles. The van der Waals surface area contributed by atoms with Gasteiger partial charge in [-0.15, -0.1) is 0 Å². The first-order valence-electron chi connectivity index (χ1n) is 6.78.